The Balaban J connectivity index is 1.91. The van der Waals surface area contributed by atoms with Crippen LogP contribution in [0, 0.1) is 17.3 Å². The first kappa shape index (κ1) is 16.0. The van der Waals surface area contributed by atoms with Gasteiger partial charge in [0.2, 0.25) is 11.8 Å². The first-order valence-electron chi connectivity index (χ1n) is 7.68. The van der Waals surface area contributed by atoms with Crippen LogP contribution in [0.3, 0.4) is 0 Å². The molecule has 0 unspecified atom stereocenters. The number of nitrogens with zero attached hydrogens (tertiary/aromatic N) is 2. The van der Waals surface area contributed by atoms with E-state index in [9.17, 15) is 9.59 Å². The summed E-state index contributed by atoms with van der Waals surface area (Å²) in [6, 6.07) is 0. The van der Waals surface area contributed by atoms with Gasteiger partial charge < -0.3 is 10.6 Å². The number of carbonyl (C=O) groups excluding carboxylic acids is 2. The molecule has 0 aromatic rings. The Hall–Kier alpha value is -1.36. The fourth-order valence-electron chi connectivity index (χ4n) is 3.36. The number of rotatable bonds is 4. The summed E-state index contributed by atoms with van der Waals surface area (Å²) >= 11 is 0. The van der Waals surface area contributed by atoms with Crippen LogP contribution < -0.4 is 5.73 Å². The molecule has 0 bridgehead atoms. The van der Waals surface area contributed by atoms with E-state index in [0.29, 0.717) is 19.0 Å². The lowest BCUT2D eigenvalue weighted by Gasteiger charge is -2.34. The molecule has 1 aliphatic carbocycles. The quantitative estimate of drug-likeness (QED) is 0.782. The third-order valence-electron chi connectivity index (χ3n) is 4.75. The van der Waals surface area contributed by atoms with Crippen LogP contribution in [0.25, 0.3) is 0 Å². The third kappa shape index (κ3) is 3.46. The van der Waals surface area contributed by atoms with E-state index in [1.54, 1.807) is 0 Å². The first-order valence-corrected chi connectivity index (χ1v) is 7.68. The van der Waals surface area contributed by atoms with Gasteiger partial charge in [-0.3, -0.25) is 14.5 Å². The summed E-state index contributed by atoms with van der Waals surface area (Å²) in [6.07, 6.45) is 2.23. The summed E-state index contributed by atoms with van der Waals surface area (Å²) < 4.78 is 0. The minimum absolute atomic E-state index is 0.0682. The lowest BCUT2D eigenvalue weighted by atomic mass is 10.1. The third-order valence-corrected chi connectivity index (χ3v) is 4.75. The van der Waals surface area contributed by atoms with Crippen molar-refractivity contribution in [2.75, 3.05) is 32.7 Å². The predicted molar refractivity (Wildman–Crippen MR) is 82.4 cm³/mol. The Kier molecular flexibility index (Phi) is 4.42. The average molecular weight is 293 g/mol. The van der Waals surface area contributed by atoms with Crippen molar-refractivity contribution in [2.45, 2.75) is 27.7 Å². The van der Waals surface area contributed by atoms with Crippen molar-refractivity contribution in [3.63, 3.8) is 0 Å². The van der Waals surface area contributed by atoms with Gasteiger partial charge in [-0.2, -0.15) is 0 Å². The van der Waals surface area contributed by atoms with E-state index < -0.39 is 0 Å². The molecule has 2 N–H and O–H groups in total. The van der Waals surface area contributed by atoms with E-state index in [4.69, 9.17) is 5.73 Å². The van der Waals surface area contributed by atoms with Crippen molar-refractivity contribution in [3.05, 3.63) is 11.6 Å². The minimum atomic E-state index is -0.304. The van der Waals surface area contributed by atoms with E-state index in [2.05, 4.69) is 33.8 Å². The van der Waals surface area contributed by atoms with E-state index in [1.165, 1.54) is 5.57 Å². The second-order valence-corrected chi connectivity index (χ2v) is 7.14. The van der Waals surface area contributed by atoms with Crippen LogP contribution in [0.4, 0.5) is 0 Å². The number of carbonyl (C=O) groups is 2. The van der Waals surface area contributed by atoms with Gasteiger partial charge in [-0.25, -0.2) is 0 Å². The van der Waals surface area contributed by atoms with Crippen LogP contribution in [0.1, 0.15) is 27.7 Å². The van der Waals surface area contributed by atoms with Crippen molar-refractivity contribution >= 4 is 11.8 Å². The van der Waals surface area contributed by atoms with Crippen LogP contribution in [0.15, 0.2) is 11.6 Å². The lowest BCUT2D eigenvalue weighted by Crippen LogP contribution is -2.51. The summed E-state index contributed by atoms with van der Waals surface area (Å²) in [6.45, 7) is 11.6. The number of allylic oxidation sites excluding steroid dienone is 2. The summed E-state index contributed by atoms with van der Waals surface area (Å²) in [5, 5.41) is 0. The molecule has 1 aliphatic heterocycles. The Morgan fingerprint density at radius 3 is 2.24 bits per heavy atom. The van der Waals surface area contributed by atoms with Crippen LogP contribution in [0.5, 0.6) is 0 Å². The summed E-state index contributed by atoms with van der Waals surface area (Å²) in [5.41, 5.74) is 6.55. The van der Waals surface area contributed by atoms with Crippen molar-refractivity contribution in [3.8, 4) is 0 Å². The summed E-state index contributed by atoms with van der Waals surface area (Å²) in [7, 11) is 0. The molecular weight excluding hydrogens is 266 g/mol. The van der Waals surface area contributed by atoms with Crippen molar-refractivity contribution in [1.29, 1.82) is 0 Å². The zero-order chi connectivity index (χ0) is 15.8. The van der Waals surface area contributed by atoms with Gasteiger partial charge >= 0.3 is 0 Å². The standard InChI is InChI=1S/C16H27N3O2/c1-11(2)9-12-14(16(12,3)4)15(21)19-7-5-18(6-8-19)10-13(17)20/h9,12,14H,5-8,10H2,1-4H3,(H2,17,20)/t12-,14+/m1/s1. The fourth-order valence-corrected chi connectivity index (χ4v) is 3.36. The van der Waals surface area contributed by atoms with Gasteiger partial charge in [-0.1, -0.05) is 25.5 Å². The highest BCUT2D eigenvalue weighted by atomic mass is 16.2. The van der Waals surface area contributed by atoms with E-state index >= 15 is 0 Å². The first-order chi connectivity index (χ1) is 9.73. The van der Waals surface area contributed by atoms with Gasteiger partial charge in [-0.05, 0) is 25.2 Å². The van der Waals surface area contributed by atoms with Crippen molar-refractivity contribution in [1.82, 2.24) is 9.80 Å². The van der Waals surface area contributed by atoms with Gasteiger partial charge in [0.1, 0.15) is 0 Å². The van der Waals surface area contributed by atoms with Crippen molar-refractivity contribution in [2.24, 2.45) is 23.0 Å². The number of nitrogens with two attached hydrogens (primary N) is 1. The minimum Gasteiger partial charge on any atom is -0.369 e. The van der Waals surface area contributed by atoms with Crippen LogP contribution in [0.2, 0.25) is 0 Å². The van der Waals surface area contributed by atoms with Crippen LogP contribution in [-0.4, -0.2) is 54.3 Å². The Morgan fingerprint density at radius 2 is 1.76 bits per heavy atom. The highest BCUT2D eigenvalue weighted by Crippen LogP contribution is 2.60. The van der Waals surface area contributed by atoms with Gasteiger partial charge in [0, 0.05) is 26.2 Å². The molecule has 2 amide bonds. The highest BCUT2D eigenvalue weighted by Gasteiger charge is 2.61. The molecule has 0 spiro atoms. The topological polar surface area (TPSA) is 66.6 Å². The Morgan fingerprint density at radius 1 is 1.19 bits per heavy atom. The highest BCUT2D eigenvalue weighted by molar-refractivity contribution is 5.84. The summed E-state index contributed by atoms with van der Waals surface area (Å²) in [4.78, 5) is 27.6. The average Bonchev–Trinajstić information content (AvgIpc) is 2.89. The van der Waals surface area contributed by atoms with Gasteiger partial charge in [0.15, 0.2) is 0 Å². The maximum absolute atomic E-state index is 12.7. The summed E-state index contributed by atoms with van der Waals surface area (Å²) in [5.74, 6) is 0.427. The molecule has 21 heavy (non-hydrogen) atoms. The Bertz CT molecular complexity index is 458. The zero-order valence-electron chi connectivity index (χ0n) is 13.6. The molecule has 2 atom stereocenters. The molecule has 118 valence electrons. The maximum Gasteiger partial charge on any atom is 0.231 e. The second-order valence-electron chi connectivity index (χ2n) is 7.14. The Labute approximate surface area is 127 Å². The maximum atomic E-state index is 12.7. The van der Waals surface area contributed by atoms with Gasteiger partial charge in [0.05, 0.1) is 12.5 Å². The van der Waals surface area contributed by atoms with Gasteiger partial charge in [-0.15, -0.1) is 0 Å². The number of hydrogen-bond donors (Lipinski definition) is 1. The number of amides is 2. The molecule has 1 saturated carbocycles. The SMILES string of the molecule is CC(C)=C[C@@H]1[C@@H](C(=O)N2CCN(CC(N)=O)CC2)C1(C)C. The van der Waals surface area contributed by atoms with Crippen LogP contribution >= 0.6 is 0 Å². The largest absolute Gasteiger partial charge is 0.369 e. The van der Waals surface area contributed by atoms with Gasteiger partial charge in [0.25, 0.3) is 0 Å². The number of hydrogen-bond acceptors (Lipinski definition) is 3. The number of piperazine rings is 1. The molecule has 0 aromatic carbocycles. The van der Waals surface area contributed by atoms with Crippen LogP contribution in [-0.2, 0) is 9.59 Å². The molecule has 2 aliphatic rings. The molecular formula is C16H27N3O2. The fraction of sp³-hybridized carbons (Fsp3) is 0.750. The molecule has 0 aromatic heterocycles. The van der Waals surface area contributed by atoms with E-state index in [0.717, 1.165) is 13.1 Å². The lowest BCUT2D eigenvalue weighted by molar-refractivity contribution is -0.135. The molecule has 1 saturated heterocycles. The monoisotopic (exact) mass is 293 g/mol. The smallest absolute Gasteiger partial charge is 0.231 e. The molecule has 0 radical (unpaired) electrons. The molecule has 5 nitrogen and oxygen atoms in total. The normalized spacial score (nSPS) is 28.1. The second kappa shape index (κ2) is 5.79. The van der Waals surface area contributed by atoms with Crippen molar-refractivity contribution < 1.29 is 9.59 Å². The zero-order valence-corrected chi connectivity index (χ0v) is 13.6. The molecule has 1 heterocycles. The molecule has 5 heteroatoms. The number of primary amides is 1. The molecule has 2 rings (SSSR count). The van der Waals surface area contributed by atoms with E-state index in [1.807, 2.05) is 9.80 Å². The predicted octanol–water partition coefficient (Wildman–Crippen LogP) is 0.854. The van der Waals surface area contributed by atoms with E-state index in [-0.39, 0.29) is 29.7 Å². The molecule has 2 fully saturated rings.